The molecule has 1 heteroatoms. The van der Waals surface area contributed by atoms with Gasteiger partial charge in [0, 0.05) is 6.04 Å². The van der Waals surface area contributed by atoms with Crippen LogP contribution in [0.1, 0.15) is 65.2 Å². The molecule has 0 amide bonds. The van der Waals surface area contributed by atoms with Crippen LogP contribution in [-0.2, 0) is 0 Å². The van der Waals surface area contributed by atoms with Gasteiger partial charge in [0.2, 0.25) is 0 Å². The molecular weight excluding hydrogens is 218 g/mol. The van der Waals surface area contributed by atoms with Crippen molar-refractivity contribution >= 4 is 0 Å². The number of hydrogen-bond acceptors (Lipinski definition) is 1. The fraction of sp³-hybridized carbons (Fsp3) is 1.00. The molecule has 3 rings (SSSR count). The van der Waals surface area contributed by atoms with Crippen molar-refractivity contribution in [3.05, 3.63) is 0 Å². The number of rotatable bonds is 4. The van der Waals surface area contributed by atoms with Gasteiger partial charge in [-0.3, -0.25) is 0 Å². The SMILES string of the molecule is CC1CCC(CNC(C)C2CC3CCC2C3)CC1. The van der Waals surface area contributed by atoms with Crippen LogP contribution >= 0.6 is 0 Å². The molecule has 0 spiro atoms. The predicted molar refractivity (Wildman–Crippen MR) is 77.5 cm³/mol. The van der Waals surface area contributed by atoms with Crippen molar-refractivity contribution in [1.82, 2.24) is 5.32 Å². The first kappa shape index (κ1) is 13.0. The zero-order chi connectivity index (χ0) is 12.5. The van der Waals surface area contributed by atoms with E-state index in [2.05, 4.69) is 19.2 Å². The number of hydrogen-bond donors (Lipinski definition) is 1. The molecule has 3 aliphatic carbocycles. The van der Waals surface area contributed by atoms with Crippen LogP contribution in [0.2, 0.25) is 0 Å². The fourth-order valence-electron chi connectivity index (χ4n) is 4.94. The summed E-state index contributed by atoms with van der Waals surface area (Å²) < 4.78 is 0. The van der Waals surface area contributed by atoms with Gasteiger partial charge in [-0.05, 0) is 75.2 Å². The lowest BCUT2D eigenvalue weighted by Crippen LogP contribution is -2.39. The minimum Gasteiger partial charge on any atom is -0.314 e. The van der Waals surface area contributed by atoms with Gasteiger partial charge >= 0.3 is 0 Å². The first-order valence-corrected chi connectivity index (χ1v) is 8.45. The van der Waals surface area contributed by atoms with E-state index in [0.717, 1.165) is 35.6 Å². The standard InChI is InChI=1S/C17H31N/c1-12-3-5-14(6-4-12)11-18-13(2)17-10-15-7-8-16(17)9-15/h12-18H,3-11H2,1-2H3. The Morgan fingerprint density at radius 3 is 2.39 bits per heavy atom. The maximum Gasteiger partial charge on any atom is 0.00698 e. The van der Waals surface area contributed by atoms with Crippen LogP contribution in [0.4, 0.5) is 0 Å². The zero-order valence-corrected chi connectivity index (χ0v) is 12.3. The van der Waals surface area contributed by atoms with Crippen LogP contribution in [0.25, 0.3) is 0 Å². The number of fused-ring (bicyclic) bond motifs is 2. The second kappa shape index (κ2) is 5.53. The maximum atomic E-state index is 3.89. The molecule has 0 heterocycles. The molecule has 2 bridgehead atoms. The molecular formula is C17H31N. The van der Waals surface area contributed by atoms with Gasteiger partial charge in [-0.15, -0.1) is 0 Å². The summed E-state index contributed by atoms with van der Waals surface area (Å²) in [4.78, 5) is 0. The van der Waals surface area contributed by atoms with Crippen molar-refractivity contribution in [2.75, 3.05) is 6.54 Å². The summed E-state index contributed by atoms with van der Waals surface area (Å²) in [5, 5.41) is 3.89. The van der Waals surface area contributed by atoms with Crippen molar-refractivity contribution in [1.29, 1.82) is 0 Å². The molecule has 3 aliphatic rings. The second-order valence-electron chi connectivity index (χ2n) is 7.66. The quantitative estimate of drug-likeness (QED) is 0.786. The predicted octanol–water partition coefficient (Wildman–Crippen LogP) is 4.23. The lowest BCUT2D eigenvalue weighted by Gasteiger charge is -2.32. The Hall–Kier alpha value is -0.0400. The smallest absolute Gasteiger partial charge is 0.00698 e. The minimum absolute atomic E-state index is 0.777. The molecule has 18 heavy (non-hydrogen) atoms. The molecule has 3 fully saturated rings. The van der Waals surface area contributed by atoms with Crippen molar-refractivity contribution in [3.63, 3.8) is 0 Å². The van der Waals surface area contributed by atoms with Crippen molar-refractivity contribution in [2.45, 2.75) is 71.3 Å². The Labute approximate surface area is 113 Å². The van der Waals surface area contributed by atoms with Gasteiger partial charge in [0.15, 0.2) is 0 Å². The maximum absolute atomic E-state index is 3.89. The molecule has 4 atom stereocenters. The highest BCUT2D eigenvalue weighted by molar-refractivity contribution is 4.94. The lowest BCUT2D eigenvalue weighted by molar-refractivity contribution is 0.229. The molecule has 0 saturated heterocycles. The van der Waals surface area contributed by atoms with E-state index in [1.807, 2.05) is 0 Å². The lowest BCUT2D eigenvalue weighted by atomic mass is 9.81. The monoisotopic (exact) mass is 249 g/mol. The van der Waals surface area contributed by atoms with Crippen LogP contribution in [0.5, 0.6) is 0 Å². The Morgan fingerprint density at radius 1 is 1.00 bits per heavy atom. The average Bonchev–Trinajstić information content (AvgIpc) is 3.00. The molecule has 0 aliphatic heterocycles. The third kappa shape index (κ3) is 2.76. The zero-order valence-electron chi connectivity index (χ0n) is 12.3. The summed E-state index contributed by atoms with van der Waals surface area (Å²) in [6.07, 6.45) is 12.0. The Bertz CT molecular complexity index is 267. The van der Waals surface area contributed by atoms with Gasteiger partial charge in [0.25, 0.3) is 0 Å². The summed E-state index contributed by atoms with van der Waals surface area (Å²) in [7, 11) is 0. The van der Waals surface area contributed by atoms with E-state index >= 15 is 0 Å². The topological polar surface area (TPSA) is 12.0 Å². The van der Waals surface area contributed by atoms with Crippen LogP contribution in [0.15, 0.2) is 0 Å². The number of nitrogens with one attached hydrogen (secondary N) is 1. The average molecular weight is 249 g/mol. The van der Waals surface area contributed by atoms with Crippen LogP contribution in [-0.4, -0.2) is 12.6 Å². The van der Waals surface area contributed by atoms with Gasteiger partial charge in [0.1, 0.15) is 0 Å². The molecule has 1 nitrogen and oxygen atoms in total. The van der Waals surface area contributed by atoms with Crippen LogP contribution in [0, 0.1) is 29.6 Å². The summed E-state index contributed by atoms with van der Waals surface area (Å²) in [6, 6.07) is 0.777. The molecule has 1 N–H and O–H groups in total. The van der Waals surface area contributed by atoms with Crippen molar-refractivity contribution in [3.8, 4) is 0 Å². The minimum atomic E-state index is 0.777. The Morgan fingerprint density at radius 2 is 1.78 bits per heavy atom. The fourth-order valence-corrected chi connectivity index (χ4v) is 4.94. The summed E-state index contributed by atoms with van der Waals surface area (Å²) in [5.74, 6) is 5.14. The van der Waals surface area contributed by atoms with Gasteiger partial charge in [0.05, 0.1) is 0 Å². The molecule has 0 aromatic carbocycles. The van der Waals surface area contributed by atoms with Crippen molar-refractivity contribution in [2.24, 2.45) is 29.6 Å². The highest BCUT2D eigenvalue weighted by atomic mass is 14.9. The first-order valence-electron chi connectivity index (χ1n) is 8.45. The molecule has 0 aromatic heterocycles. The second-order valence-corrected chi connectivity index (χ2v) is 7.66. The van der Waals surface area contributed by atoms with Gasteiger partial charge in [-0.2, -0.15) is 0 Å². The highest BCUT2D eigenvalue weighted by Gasteiger charge is 2.41. The van der Waals surface area contributed by atoms with E-state index < -0.39 is 0 Å². The molecule has 0 aromatic rings. The largest absolute Gasteiger partial charge is 0.314 e. The summed E-state index contributed by atoms with van der Waals surface area (Å²) >= 11 is 0. The van der Waals surface area contributed by atoms with Gasteiger partial charge in [-0.25, -0.2) is 0 Å². The molecule has 104 valence electrons. The van der Waals surface area contributed by atoms with E-state index in [0.29, 0.717) is 0 Å². The van der Waals surface area contributed by atoms with Crippen LogP contribution < -0.4 is 5.32 Å². The molecule has 4 unspecified atom stereocenters. The third-order valence-electron chi connectivity index (χ3n) is 6.30. The van der Waals surface area contributed by atoms with E-state index in [9.17, 15) is 0 Å². The van der Waals surface area contributed by atoms with E-state index in [1.54, 1.807) is 6.42 Å². The van der Waals surface area contributed by atoms with Gasteiger partial charge in [-0.1, -0.05) is 26.2 Å². The van der Waals surface area contributed by atoms with E-state index in [1.165, 1.54) is 51.5 Å². The summed E-state index contributed by atoms with van der Waals surface area (Å²) in [5.41, 5.74) is 0. The van der Waals surface area contributed by atoms with E-state index in [-0.39, 0.29) is 0 Å². The van der Waals surface area contributed by atoms with E-state index in [4.69, 9.17) is 0 Å². The van der Waals surface area contributed by atoms with Gasteiger partial charge < -0.3 is 5.32 Å². The third-order valence-corrected chi connectivity index (χ3v) is 6.30. The first-order chi connectivity index (χ1) is 8.72. The molecule has 0 radical (unpaired) electrons. The molecule has 3 saturated carbocycles. The Kier molecular flexibility index (Phi) is 3.98. The summed E-state index contributed by atoms with van der Waals surface area (Å²) in [6.45, 7) is 6.17. The van der Waals surface area contributed by atoms with Crippen LogP contribution in [0.3, 0.4) is 0 Å². The Balaban J connectivity index is 1.40. The highest BCUT2D eigenvalue weighted by Crippen LogP contribution is 2.49. The van der Waals surface area contributed by atoms with Crippen molar-refractivity contribution < 1.29 is 0 Å². The normalized spacial score (nSPS) is 45.3.